The van der Waals surface area contributed by atoms with Gasteiger partial charge in [0.2, 0.25) is 5.88 Å². The van der Waals surface area contributed by atoms with Gasteiger partial charge < -0.3 is 24.1 Å². The Bertz CT molecular complexity index is 863. The molecule has 7 nitrogen and oxygen atoms in total. The van der Waals surface area contributed by atoms with E-state index in [9.17, 15) is 18.0 Å². The van der Waals surface area contributed by atoms with Gasteiger partial charge in [-0.1, -0.05) is 6.08 Å². The predicted molar refractivity (Wildman–Crippen MR) is 114 cm³/mol. The molecule has 1 aromatic heterocycles. The van der Waals surface area contributed by atoms with E-state index in [0.29, 0.717) is 5.47 Å². The molecule has 0 atom stereocenters. The normalized spacial score (nSPS) is 18.5. The van der Waals surface area contributed by atoms with Gasteiger partial charge in [0, 0.05) is 12.7 Å². The highest BCUT2D eigenvalue weighted by Gasteiger charge is 2.52. The smallest absolute Gasteiger partial charge is 0.481 e. The fourth-order valence-corrected chi connectivity index (χ4v) is 2.81. The van der Waals surface area contributed by atoms with Crippen LogP contribution in [0.25, 0.3) is 6.08 Å². The molecule has 1 aromatic rings. The number of amides is 1. The van der Waals surface area contributed by atoms with Gasteiger partial charge >= 0.3 is 19.4 Å². The topological polar surface area (TPSA) is 78.9 Å². The van der Waals surface area contributed by atoms with Crippen LogP contribution in [0.15, 0.2) is 17.7 Å². The lowest BCUT2D eigenvalue weighted by atomic mass is 9.77. The van der Waals surface area contributed by atoms with E-state index in [4.69, 9.17) is 18.8 Å². The van der Waals surface area contributed by atoms with Gasteiger partial charge in [-0.25, -0.2) is 9.78 Å². The molecule has 0 unspecified atom stereocenters. The lowest BCUT2D eigenvalue weighted by Gasteiger charge is -2.32. The zero-order valence-electron chi connectivity index (χ0n) is 19.6. The third kappa shape index (κ3) is 6.38. The Morgan fingerprint density at radius 3 is 2.22 bits per heavy atom. The molecule has 0 bridgehead atoms. The first-order valence-corrected chi connectivity index (χ1v) is 10.1. The van der Waals surface area contributed by atoms with Crippen molar-refractivity contribution in [1.82, 2.24) is 10.3 Å². The van der Waals surface area contributed by atoms with Crippen molar-refractivity contribution in [1.29, 1.82) is 0 Å². The van der Waals surface area contributed by atoms with Gasteiger partial charge in [0.05, 0.1) is 18.3 Å². The van der Waals surface area contributed by atoms with E-state index >= 15 is 0 Å². The van der Waals surface area contributed by atoms with Gasteiger partial charge in [0.25, 0.3) is 0 Å². The van der Waals surface area contributed by atoms with Crippen LogP contribution in [0.2, 0.25) is 0 Å². The SMILES string of the molecule is COc1ncc(C=C(CNC(=O)OC(C)(C)C)B2OC(C)(C)C(C)(C)O2)cc1C(F)(F)F. The van der Waals surface area contributed by atoms with Crippen molar-refractivity contribution in [2.45, 2.75) is 71.4 Å². The highest BCUT2D eigenvalue weighted by atomic mass is 19.4. The summed E-state index contributed by atoms with van der Waals surface area (Å²) in [4.78, 5) is 15.9. The number of ether oxygens (including phenoxy) is 2. The van der Waals surface area contributed by atoms with Crippen LogP contribution in [0.5, 0.6) is 5.88 Å². The van der Waals surface area contributed by atoms with Crippen LogP contribution in [0.4, 0.5) is 18.0 Å². The van der Waals surface area contributed by atoms with Gasteiger partial charge in [-0.05, 0) is 65.6 Å². The fraction of sp³-hybridized carbons (Fsp3) is 0.619. The number of aromatic nitrogens is 1. The molecule has 1 fully saturated rings. The number of rotatable bonds is 5. The second-order valence-electron chi connectivity index (χ2n) is 9.49. The quantitative estimate of drug-likeness (QED) is 0.648. The molecule has 0 aromatic carbocycles. The first-order valence-electron chi connectivity index (χ1n) is 10.1. The average molecular weight is 458 g/mol. The zero-order valence-corrected chi connectivity index (χ0v) is 19.6. The molecule has 2 rings (SSSR count). The standard InChI is InChI=1S/C21H30BF3N2O5/c1-18(2,3)30-17(28)27-12-14(22-31-19(4,5)20(6,7)32-22)9-13-10-15(21(23,24)25)16(29-8)26-11-13/h9-11H,12H2,1-8H3,(H,27,28). The monoisotopic (exact) mass is 458 g/mol. The Hall–Kier alpha value is -2.27. The summed E-state index contributed by atoms with van der Waals surface area (Å²) in [7, 11) is 0.222. The summed E-state index contributed by atoms with van der Waals surface area (Å²) in [5.41, 5.74) is -2.54. The number of nitrogens with one attached hydrogen (secondary N) is 1. The van der Waals surface area contributed by atoms with E-state index in [1.54, 1.807) is 20.8 Å². The Balaban J connectivity index is 2.40. The van der Waals surface area contributed by atoms with Crippen molar-refractivity contribution in [3.05, 3.63) is 28.9 Å². The largest absolute Gasteiger partial charge is 0.492 e. The molecule has 1 saturated heterocycles. The summed E-state index contributed by atoms with van der Waals surface area (Å²) in [5, 5.41) is 2.60. The number of alkyl halides is 3. The summed E-state index contributed by atoms with van der Waals surface area (Å²) in [5.74, 6) is -0.529. The van der Waals surface area contributed by atoms with Crippen molar-refractivity contribution in [3.8, 4) is 5.88 Å². The second kappa shape index (κ2) is 8.94. The Morgan fingerprint density at radius 2 is 1.75 bits per heavy atom. The lowest BCUT2D eigenvalue weighted by molar-refractivity contribution is -0.139. The molecule has 1 N–H and O–H groups in total. The van der Waals surface area contributed by atoms with Crippen molar-refractivity contribution in [2.75, 3.05) is 13.7 Å². The second-order valence-corrected chi connectivity index (χ2v) is 9.49. The number of carbonyl (C=O) groups is 1. The van der Waals surface area contributed by atoms with Crippen LogP contribution >= 0.6 is 0 Å². The summed E-state index contributed by atoms with van der Waals surface area (Å²) in [6.45, 7) is 12.5. The molecule has 2 heterocycles. The molecular weight excluding hydrogens is 428 g/mol. The number of carbonyl (C=O) groups excluding carboxylic acids is 1. The number of pyridine rings is 1. The molecule has 1 amide bonds. The number of hydrogen-bond acceptors (Lipinski definition) is 6. The van der Waals surface area contributed by atoms with Crippen molar-refractivity contribution in [2.24, 2.45) is 0 Å². The number of alkyl carbamates (subject to hydrolysis) is 1. The first-order chi connectivity index (χ1) is 14.4. The number of hydrogen-bond donors (Lipinski definition) is 1. The van der Waals surface area contributed by atoms with Crippen LogP contribution in [-0.2, 0) is 20.2 Å². The van der Waals surface area contributed by atoms with E-state index < -0.39 is 47.6 Å². The molecular formula is C21H30BF3N2O5. The first kappa shape index (κ1) is 26.0. The third-order valence-electron chi connectivity index (χ3n) is 5.11. The lowest BCUT2D eigenvalue weighted by Crippen LogP contribution is -2.41. The van der Waals surface area contributed by atoms with Crippen molar-refractivity contribution in [3.63, 3.8) is 0 Å². The van der Waals surface area contributed by atoms with Gasteiger partial charge in [0.1, 0.15) is 11.2 Å². The average Bonchev–Trinajstić information content (AvgIpc) is 2.83. The Labute approximate surface area is 186 Å². The summed E-state index contributed by atoms with van der Waals surface area (Å²) >= 11 is 0. The molecule has 0 saturated carbocycles. The highest BCUT2D eigenvalue weighted by molar-refractivity contribution is 6.56. The van der Waals surface area contributed by atoms with E-state index in [2.05, 4.69) is 10.3 Å². The van der Waals surface area contributed by atoms with E-state index in [0.717, 1.165) is 13.2 Å². The molecule has 32 heavy (non-hydrogen) atoms. The number of methoxy groups -OCH3 is 1. The van der Waals surface area contributed by atoms with Gasteiger partial charge in [-0.15, -0.1) is 0 Å². The molecule has 0 aliphatic carbocycles. The van der Waals surface area contributed by atoms with Gasteiger partial charge in [-0.3, -0.25) is 0 Å². The van der Waals surface area contributed by atoms with E-state index in [-0.39, 0.29) is 12.1 Å². The minimum Gasteiger partial charge on any atom is -0.481 e. The molecule has 0 radical (unpaired) electrons. The number of nitrogens with zero attached hydrogens (tertiary/aromatic N) is 1. The minimum atomic E-state index is -4.65. The summed E-state index contributed by atoms with van der Waals surface area (Å²) in [6, 6.07) is 0.921. The van der Waals surface area contributed by atoms with Crippen molar-refractivity contribution >= 4 is 19.3 Å². The third-order valence-corrected chi connectivity index (χ3v) is 5.11. The van der Waals surface area contributed by atoms with Gasteiger partial charge in [-0.2, -0.15) is 13.2 Å². The summed E-state index contributed by atoms with van der Waals surface area (Å²) < 4.78 is 62.2. The van der Waals surface area contributed by atoms with Crippen LogP contribution in [0, 0.1) is 0 Å². The van der Waals surface area contributed by atoms with Crippen LogP contribution in [0.1, 0.15) is 59.6 Å². The maximum absolute atomic E-state index is 13.4. The molecule has 0 spiro atoms. The Kier molecular flexibility index (Phi) is 7.26. The minimum absolute atomic E-state index is 0.0703. The molecule has 1 aliphatic rings. The van der Waals surface area contributed by atoms with Crippen LogP contribution < -0.4 is 10.1 Å². The fourth-order valence-electron chi connectivity index (χ4n) is 2.81. The van der Waals surface area contributed by atoms with E-state index in [1.165, 1.54) is 12.3 Å². The molecule has 178 valence electrons. The van der Waals surface area contributed by atoms with E-state index in [1.807, 2.05) is 27.7 Å². The van der Waals surface area contributed by atoms with Crippen LogP contribution in [0.3, 0.4) is 0 Å². The van der Waals surface area contributed by atoms with Gasteiger partial charge in [0.15, 0.2) is 0 Å². The predicted octanol–water partition coefficient (Wildman–Crippen LogP) is 4.65. The number of halogens is 3. The Morgan fingerprint density at radius 1 is 1.19 bits per heavy atom. The van der Waals surface area contributed by atoms with Crippen molar-refractivity contribution < 1.29 is 36.7 Å². The van der Waals surface area contributed by atoms with Crippen LogP contribution in [-0.4, -0.2) is 48.7 Å². The maximum Gasteiger partial charge on any atom is 0.492 e. The summed E-state index contributed by atoms with van der Waals surface area (Å²) in [6.07, 6.45) is -2.64. The molecule has 1 aliphatic heterocycles. The zero-order chi connectivity index (χ0) is 24.5. The highest BCUT2D eigenvalue weighted by Crippen LogP contribution is 2.39. The maximum atomic E-state index is 13.4. The molecule has 11 heteroatoms.